The molecule has 114 valence electrons. The van der Waals surface area contributed by atoms with Crippen LogP contribution in [0.3, 0.4) is 0 Å². The molecular weight excluding hydrogens is 268 g/mol. The molecule has 1 rings (SSSR count). The highest BCUT2D eigenvalue weighted by atomic mass is 16.2. The predicted octanol–water partition coefficient (Wildman–Crippen LogP) is 1.07. The Hall–Kier alpha value is -2.17. The van der Waals surface area contributed by atoms with Gasteiger partial charge in [0.25, 0.3) is 0 Å². The molecule has 0 aromatic heterocycles. The summed E-state index contributed by atoms with van der Waals surface area (Å²) in [4.78, 5) is 33.9. The maximum absolute atomic E-state index is 12.1. The average Bonchev–Trinajstić information content (AvgIpc) is 2.46. The summed E-state index contributed by atoms with van der Waals surface area (Å²) in [5.41, 5.74) is 0.971. The van der Waals surface area contributed by atoms with Gasteiger partial charge >= 0.3 is 0 Å². The molecular formula is C16H22N2O3. The van der Waals surface area contributed by atoms with Crippen molar-refractivity contribution in [1.29, 1.82) is 0 Å². The van der Waals surface area contributed by atoms with E-state index in [0.29, 0.717) is 19.3 Å². The van der Waals surface area contributed by atoms with Gasteiger partial charge in [0.1, 0.15) is 12.3 Å². The van der Waals surface area contributed by atoms with Crippen molar-refractivity contribution in [2.24, 2.45) is 5.92 Å². The fourth-order valence-corrected chi connectivity index (χ4v) is 2.09. The van der Waals surface area contributed by atoms with Gasteiger partial charge in [-0.2, -0.15) is 0 Å². The molecule has 2 N–H and O–H groups in total. The second kappa shape index (κ2) is 8.89. The SMILES string of the molecule is CC(C)CC(NC=O)C(=O)NC(C=O)Cc1ccccc1. The van der Waals surface area contributed by atoms with Crippen LogP contribution in [-0.4, -0.2) is 30.7 Å². The lowest BCUT2D eigenvalue weighted by Gasteiger charge is -2.20. The van der Waals surface area contributed by atoms with Crippen LogP contribution in [0.25, 0.3) is 0 Å². The molecule has 0 saturated carbocycles. The molecule has 1 aromatic carbocycles. The number of benzene rings is 1. The number of amides is 2. The molecule has 0 aliphatic carbocycles. The first-order chi connectivity index (χ1) is 10.1. The third kappa shape index (κ3) is 6.21. The zero-order valence-electron chi connectivity index (χ0n) is 12.4. The van der Waals surface area contributed by atoms with Gasteiger partial charge in [-0.05, 0) is 24.3 Å². The summed E-state index contributed by atoms with van der Waals surface area (Å²) < 4.78 is 0. The van der Waals surface area contributed by atoms with Crippen LogP contribution in [0.5, 0.6) is 0 Å². The van der Waals surface area contributed by atoms with Crippen LogP contribution in [0.2, 0.25) is 0 Å². The summed E-state index contributed by atoms with van der Waals surface area (Å²) >= 11 is 0. The highest BCUT2D eigenvalue weighted by molar-refractivity contribution is 5.86. The van der Waals surface area contributed by atoms with Gasteiger partial charge in [-0.25, -0.2) is 0 Å². The molecule has 0 fully saturated rings. The lowest BCUT2D eigenvalue weighted by Crippen LogP contribution is -2.49. The second-order valence-corrected chi connectivity index (χ2v) is 5.41. The second-order valence-electron chi connectivity index (χ2n) is 5.41. The minimum Gasteiger partial charge on any atom is -0.347 e. The number of aldehydes is 1. The van der Waals surface area contributed by atoms with Crippen molar-refractivity contribution in [3.05, 3.63) is 35.9 Å². The molecule has 0 aliphatic heterocycles. The Bertz CT molecular complexity index is 460. The molecule has 2 atom stereocenters. The van der Waals surface area contributed by atoms with Gasteiger partial charge in [0, 0.05) is 0 Å². The molecule has 0 aliphatic rings. The first kappa shape index (κ1) is 16.9. The maximum Gasteiger partial charge on any atom is 0.243 e. The van der Waals surface area contributed by atoms with Gasteiger partial charge in [-0.3, -0.25) is 9.59 Å². The molecule has 2 amide bonds. The summed E-state index contributed by atoms with van der Waals surface area (Å²) in [5.74, 6) is -0.0687. The first-order valence-electron chi connectivity index (χ1n) is 7.06. The fourth-order valence-electron chi connectivity index (χ4n) is 2.09. The summed E-state index contributed by atoms with van der Waals surface area (Å²) in [6.07, 6.45) is 2.20. The standard InChI is InChI=1S/C16H22N2O3/c1-12(2)8-15(17-11-20)16(21)18-14(10-19)9-13-6-4-3-5-7-13/h3-7,10-12,14-15H,8-9H2,1-2H3,(H,17,20)(H,18,21). The monoisotopic (exact) mass is 290 g/mol. The highest BCUT2D eigenvalue weighted by Gasteiger charge is 2.21. The summed E-state index contributed by atoms with van der Waals surface area (Å²) in [7, 11) is 0. The molecule has 0 saturated heterocycles. The molecule has 21 heavy (non-hydrogen) atoms. The molecule has 5 heteroatoms. The van der Waals surface area contributed by atoms with Crippen molar-refractivity contribution in [3.8, 4) is 0 Å². The maximum atomic E-state index is 12.1. The van der Waals surface area contributed by atoms with Crippen LogP contribution in [0.1, 0.15) is 25.8 Å². The van der Waals surface area contributed by atoms with E-state index in [4.69, 9.17) is 0 Å². The Labute approximate surface area is 125 Å². The van der Waals surface area contributed by atoms with Crippen molar-refractivity contribution in [2.45, 2.75) is 38.8 Å². The number of hydrogen-bond donors (Lipinski definition) is 2. The van der Waals surface area contributed by atoms with Gasteiger partial charge in [0.15, 0.2) is 0 Å². The molecule has 0 spiro atoms. The summed E-state index contributed by atoms with van der Waals surface area (Å²) in [6, 6.07) is 8.26. The highest BCUT2D eigenvalue weighted by Crippen LogP contribution is 2.06. The quantitative estimate of drug-likeness (QED) is 0.668. The van der Waals surface area contributed by atoms with E-state index in [0.717, 1.165) is 11.8 Å². The van der Waals surface area contributed by atoms with Gasteiger partial charge in [0.05, 0.1) is 6.04 Å². The predicted molar refractivity (Wildman–Crippen MR) is 80.6 cm³/mol. The van der Waals surface area contributed by atoms with Crippen molar-refractivity contribution in [1.82, 2.24) is 10.6 Å². The minimum absolute atomic E-state index is 0.261. The molecule has 5 nitrogen and oxygen atoms in total. The number of rotatable bonds is 9. The topological polar surface area (TPSA) is 75.3 Å². The minimum atomic E-state index is -0.610. The largest absolute Gasteiger partial charge is 0.347 e. The van der Waals surface area contributed by atoms with Gasteiger partial charge in [0.2, 0.25) is 12.3 Å². The molecule has 1 aromatic rings. The van der Waals surface area contributed by atoms with Crippen molar-refractivity contribution < 1.29 is 14.4 Å². The molecule has 0 radical (unpaired) electrons. The van der Waals surface area contributed by atoms with Crippen LogP contribution in [0.4, 0.5) is 0 Å². The lowest BCUT2D eigenvalue weighted by atomic mass is 10.0. The van der Waals surface area contributed by atoms with Gasteiger partial charge in [-0.1, -0.05) is 44.2 Å². The van der Waals surface area contributed by atoms with Crippen LogP contribution >= 0.6 is 0 Å². The van der Waals surface area contributed by atoms with Gasteiger partial charge < -0.3 is 15.4 Å². The lowest BCUT2D eigenvalue weighted by molar-refractivity contribution is -0.127. The molecule has 0 bridgehead atoms. The van der Waals surface area contributed by atoms with E-state index in [1.54, 1.807) is 0 Å². The third-order valence-electron chi connectivity index (χ3n) is 3.08. The number of hydrogen-bond acceptors (Lipinski definition) is 3. The van der Waals surface area contributed by atoms with Crippen molar-refractivity contribution in [3.63, 3.8) is 0 Å². The van der Waals surface area contributed by atoms with E-state index < -0.39 is 12.1 Å². The zero-order valence-corrected chi connectivity index (χ0v) is 12.4. The van der Waals surface area contributed by atoms with Crippen LogP contribution < -0.4 is 10.6 Å². The Balaban J connectivity index is 2.63. The van der Waals surface area contributed by atoms with Gasteiger partial charge in [-0.15, -0.1) is 0 Å². The van der Waals surface area contributed by atoms with Crippen LogP contribution in [0.15, 0.2) is 30.3 Å². The Morgan fingerprint density at radius 3 is 2.38 bits per heavy atom. The Kier molecular flexibility index (Phi) is 7.15. The van der Waals surface area contributed by atoms with Crippen LogP contribution in [-0.2, 0) is 20.8 Å². The third-order valence-corrected chi connectivity index (χ3v) is 3.08. The first-order valence-corrected chi connectivity index (χ1v) is 7.06. The average molecular weight is 290 g/mol. The van der Waals surface area contributed by atoms with E-state index in [-0.39, 0.29) is 11.8 Å². The number of carbonyl (C=O) groups excluding carboxylic acids is 3. The smallest absolute Gasteiger partial charge is 0.243 e. The van der Waals surface area contributed by atoms with E-state index >= 15 is 0 Å². The number of nitrogens with one attached hydrogen (secondary N) is 2. The molecule has 2 unspecified atom stereocenters. The Morgan fingerprint density at radius 2 is 1.86 bits per heavy atom. The van der Waals surface area contributed by atoms with E-state index in [9.17, 15) is 14.4 Å². The molecule has 0 heterocycles. The van der Waals surface area contributed by atoms with E-state index in [1.807, 2.05) is 44.2 Å². The van der Waals surface area contributed by atoms with E-state index in [1.165, 1.54) is 0 Å². The summed E-state index contributed by atoms with van der Waals surface area (Å²) in [6.45, 7) is 3.93. The normalized spacial score (nSPS) is 13.3. The fraction of sp³-hybridized carbons (Fsp3) is 0.438. The summed E-state index contributed by atoms with van der Waals surface area (Å²) in [5, 5.41) is 5.18. The zero-order chi connectivity index (χ0) is 15.7. The van der Waals surface area contributed by atoms with Crippen molar-refractivity contribution >= 4 is 18.6 Å². The number of carbonyl (C=O) groups is 3. The van der Waals surface area contributed by atoms with Crippen LogP contribution in [0, 0.1) is 5.92 Å². The Morgan fingerprint density at radius 1 is 1.19 bits per heavy atom. The van der Waals surface area contributed by atoms with Crippen molar-refractivity contribution in [2.75, 3.05) is 0 Å². The van der Waals surface area contributed by atoms with E-state index in [2.05, 4.69) is 10.6 Å².